The summed E-state index contributed by atoms with van der Waals surface area (Å²) in [5.74, 6) is -0.870. The normalized spacial score (nSPS) is 10.7. The molecule has 2 aromatic carbocycles. The van der Waals surface area contributed by atoms with Crippen LogP contribution in [0.2, 0.25) is 0 Å². The Morgan fingerprint density at radius 3 is 2.57 bits per heavy atom. The van der Waals surface area contributed by atoms with Crippen molar-refractivity contribution in [3.8, 4) is 11.3 Å². The second kappa shape index (κ2) is 8.48. The number of carbonyl (C=O) groups is 1. The molecular formula is C21H17FN6O2. The quantitative estimate of drug-likeness (QED) is 0.532. The average molecular weight is 404 g/mol. The summed E-state index contributed by atoms with van der Waals surface area (Å²) in [6.45, 7) is 0.276. The van der Waals surface area contributed by atoms with Crippen molar-refractivity contribution in [3.05, 3.63) is 95.1 Å². The van der Waals surface area contributed by atoms with Gasteiger partial charge in [0.2, 0.25) is 5.91 Å². The van der Waals surface area contributed by atoms with E-state index in [1.165, 1.54) is 24.5 Å². The molecule has 0 bridgehead atoms. The van der Waals surface area contributed by atoms with Crippen LogP contribution < -0.4 is 10.9 Å². The SMILES string of the molecule is O=C(Cn1nc(-c2ccccc2F)ccc1=O)Nc1ccc(Cn2cncn2)cc1. The van der Waals surface area contributed by atoms with Crippen molar-refractivity contribution in [3.63, 3.8) is 0 Å². The van der Waals surface area contributed by atoms with Crippen molar-refractivity contribution in [1.82, 2.24) is 24.5 Å². The van der Waals surface area contributed by atoms with E-state index in [1.807, 2.05) is 12.1 Å². The van der Waals surface area contributed by atoms with Gasteiger partial charge in [-0.1, -0.05) is 24.3 Å². The fourth-order valence-corrected chi connectivity index (χ4v) is 2.91. The summed E-state index contributed by atoms with van der Waals surface area (Å²) < 4.78 is 16.7. The molecule has 4 rings (SSSR count). The van der Waals surface area contributed by atoms with Crippen molar-refractivity contribution >= 4 is 11.6 Å². The Balaban J connectivity index is 1.44. The molecule has 0 atom stereocenters. The molecule has 0 radical (unpaired) electrons. The number of nitrogens with zero attached hydrogens (tertiary/aromatic N) is 5. The van der Waals surface area contributed by atoms with Gasteiger partial charge < -0.3 is 5.32 Å². The van der Waals surface area contributed by atoms with Gasteiger partial charge in [0, 0.05) is 17.3 Å². The molecule has 9 heteroatoms. The monoisotopic (exact) mass is 404 g/mol. The van der Waals surface area contributed by atoms with Crippen LogP contribution in [0, 0.1) is 5.82 Å². The van der Waals surface area contributed by atoms with Gasteiger partial charge in [0.25, 0.3) is 5.56 Å². The summed E-state index contributed by atoms with van der Waals surface area (Å²) in [5.41, 5.74) is 1.66. The maximum Gasteiger partial charge on any atom is 0.267 e. The van der Waals surface area contributed by atoms with Crippen LogP contribution in [0.5, 0.6) is 0 Å². The predicted molar refractivity (Wildman–Crippen MR) is 108 cm³/mol. The number of hydrogen-bond donors (Lipinski definition) is 1. The predicted octanol–water partition coefficient (Wildman–Crippen LogP) is 2.33. The van der Waals surface area contributed by atoms with E-state index in [4.69, 9.17) is 0 Å². The van der Waals surface area contributed by atoms with E-state index in [1.54, 1.807) is 41.3 Å². The highest BCUT2D eigenvalue weighted by Gasteiger charge is 2.11. The van der Waals surface area contributed by atoms with Crippen molar-refractivity contribution in [2.75, 3.05) is 5.32 Å². The first-order valence-corrected chi connectivity index (χ1v) is 9.13. The topological polar surface area (TPSA) is 94.7 Å². The number of hydrogen-bond acceptors (Lipinski definition) is 5. The van der Waals surface area contributed by atoms with Crippen molar-refractivity contribution < 1.29 is 9.18 Å². The molecule has 0 saturated carbocycles. The number of rotatable bonds is 6. The minimum absolute atomic E-state index is 0.259. The lowest BCUT2D eigenvalue weighted by Crippen LogP contribution is -2.29. The number of carbonyl (C=O) groups excluding carboxylic acids is 1. The van der Waals surface area contributed by atoms with Crippen molar-refractivity contribution in [2.24, 2.45) is 0 Å². The number of amides is 1. The first-order valence-electron chi connectivity index (χ1n) is 9.13. The number of halogens is 1. The molecule has 0 fully saturated rings. The zero-order valence-corrected chi connectivity index (χ0v) is 15.8. The van der Waals surface area contributed by atoms with Gasteiger partial charge in [-0.3, -0.25) is 9.59 Å². The molecule has 0 spiro atoms. The number of benzene rings is 2. The maximum atomic E-state index is 14.0. The summed E-state index contributed by atoms with van der Waals surface area (Å²) >= 11 is 0. The molecule has 0 aliphatic rings. The Morgan fingerprint density at radius 1 is 1.03 bits per heavy atom. The Bertz CT molecular complexity index is 1220. The van der Waals surface area contributed by atoms with E-state index >= 15 is 0 Å². The second-order valence-corrected chi connectivity index (χ2v) is 6.53. The molecule has 2 aromatic heterocycles. The summed E-state index contributed by atoms with van der Waals surface area (Å²) in [7, 11) is 0. The summed E-state index contributed by atoms with van der Waals surface area (Å²) in [6.07, 6.45) is 3.08. The van der Waals surface area contributed by atoms with Crippen LogP contribution in [0.25, 0.3) is 11.3 Å². The van der Waals surface area contributed by atoms with Gasteiger partial charge in [0.15, 0.2) is 0 Å². The first kappa shape index (κ1) is 19.2. The largest absolute Gasteiger partial charge is 0.324 e. The Kier molecular flexibility index (Phi) is 5.42. The third-order valence-corrected chi connectivity index (χ3v) is 4.36. The summed E-state index contributed by atoms with van der Waals surface area (Å²) in [4.78, 5) is 28.4. The fraction of sp³-hybridized carbons (Fsp3) is 0.0952. The Hall–Kier alpha value is -4.14. The summed E-state index contributed by atoms with van der Waals surface area (Å²) in [5, 5.41) is 10.9. The molecule has 0 aliphatic carbocycles. The standard InChI is InChI=1S/C21H17FN6O2/c22-18-4-2-1-3-17(18)19-9-10-21(30)28(26-19)12-20(29)25-16-7-5-15(6-8-16)11-27-14-23-13-24-27/h1-10,13-14H,11-12H2,(H,25,29). The van der Waals surface area contributed by atoms with Crippen LogP contribution in [-0.2, 0) is 17.9 Å². The summed E-state index contributed by atoms with van der Waals surface area (Å²) in [6, 6.07) is 16.1. The fourth-order valence-electron chi connectivity index (χ4n) is 2.91. The van der Waals surface area contributed by atoms with Crippen LogP contribution in [0.4, 0.5) is 10.1 Å². The molecule has 4 aromatic rings. The van der Waals surface area contributed by atoms with E-state index in [9.17, 15) is 14.0 Å². The third kappa shape index (κ3) is 4.46. The van der Waals surface area contributed by atoms with Crippen molar-refractivity contribution in [2.45, 2.75) is 13.1 Å². The van der Waals surface area contributed by atoms with E-state index in [2.05, 4.69) is 20.5 Å². The Morgan fingerprint density at radius 2 is 1.83 bits per heavy atom. The lowest BCUT2D eigenvalue weighted by atomic mass is 10.1. The Labute approximate surface area is 170 Å². The van der Waals surface area contributed by atoms with E-state index < -0.39 is 17.3 Å². The zero-order chi connectivity index (χ0) is 20.9. The highest BCUT2D eigenvalue weighted by Crippen LogP contribution is 2.19. The van der Waals surface area contributed by atoms with Gasteiger partial charge in [-0.2, -0.15) is 10.2 Å². The maximum absolute atomic E-state index is 14.0. The average Bonchev–Trinajstić information content (AvgIpc) is 3.25. The second-order valence-electron chi connectivity index (χ2n) is 6.53. The molecule has 0 aliphatic heterocycles. The molecule has 0 saturated heterocycles. The molecule has 150 valence electrons. The molecular weight excluding hydrogens is 387 g/mol. The smallest absolute Gasteiger partial charge is 0.267 e. The minimum atomic E-state index is -0.453. The number of nitrogens with one attached hydrogen (secondary N) is 1. The highest BCUT2D eigenvalue weighted by atomic mass is 19.1. The van der Waals surface area contributed by atoms with Crippen molar-refractivity contribution in [1.29, 1.82) is 0 Å². The lowest BCUT2D eigenvalue weighted by Gasteiger charge is -2.09. The van der Waals surface area contributed by atoms with Gasteiger partial charge in [-0.15, -0.1) is 0 Å². The van der Waals surface area contributed by atoms with E-state index in [0.29, 0.717) is 12.2 Å². The van der Waals surface area contributed by atoms with Crippen LogP contribution in [0.1, 0.15) is 5.56 Å². The van der Waals surface area contributed by atoms with Gasteiger partial charge in [0.1, 0.15) is 25.0 Å². The molecule has 2 heterocycles. The van der Waals surface area contributed by atoms with Crippen LogP contribution >= 0.6 is 0 Å². The molecule has 30 heavy (non-hydrogen) atoms. The van der Waals surface area contributed by atoms with Gasteiger partial charge in [-0.25, -0.2) is 18.7 Å². The number of anilines is 1. The molecule has 0 unspecified atom stereocenters. The molecule has 8 nitrogen and oxygen atoms in total. The van der Waals surface area contributed by atoms with E-state index in [-0.39, 0.29) is 17.8 Å². The molecule has 1 amide bonds. The number of aromatic nitrogens is 5. The van der Waals surface area contributed by atoms with Gasteiger partial charge >= 0.3 is 0 Å². The van der Waals surface area contributed by atoms with Crippen LogP contribution in [0.3, 0.4) is 0 Å². The first-order chi connectivity index (χ1) is 14.6. The van der Waals surface area contributed by atoms with E-state index in [0.717, 1.165) is 10.2 Å². The van der Waals surface area contributed by atoms with Crippen LogP contribution in [0.15, 0.2) is 78.1 Å². The lowest BCUT2D eigenvalue weighted by molar-refractivity contribution is -0.117. The zero-order valence-electron chi connectivity index (χ0n) is 15.8. The molecule has 1 N–H and O–H groups in total. The van der Waals surface area contributed by atoms with Gasteiger partial charge in [0.05, 0.1) is 12.2 Å². The highest BCUT2D eigenvalue weighted by molar-refractivity contribution is 5.90. The van der Waals surface area contributed by atoms with Crippen LogP contribution in [-0.4, -0.2) is 30.5 Å². The minimum Gasteiger partial charge on any atom is -0.324 e. The third-order valence-electron chi connectivity index (χ3n) is 4.36. The van der Waals surface area contributed by atoms with Gasteiger partial charge in [-0.05, 0) is 35.9 Å².